The molecule has 1 fully saturated rings. The molecule has 0 spiro atoms. The van der Waals surface area contributed by atoms with Crippen LogP contribution in [0.25, 0.3) is 0 Å². The first-order chi connectivity index (χ1) is 7.91. The van der Waals surface area contributed by atoms with E-state index in [-0.39, 0.29) is 6.61 Å². The van der Waals surface area contributed by atoms with E-state index in [4.69, 9.17) is 5.11 Å². The van der Waals surface area contributed by atoms with E-state index in [0.717, 1.165) is 31.6 Å². The van der Waals surface area contributed by atoms with Gasteiger partial charge in [-0.25, -0.2) is 0 Å². The molecule has 0 aromatic heterocycles. The molecule has 1 N–H and O–H groups in total. The number of rotatable bonds is 1. The van der Waals surface area contributed by atoms with Gasteiger partial charge in [-0.3, -0.25) is 4.79 Å². The Morgan fingerprint density at radius 1 is 1.29 bits per heavy atom. The van der Waals surface area contributed by atoms with Crippen LogP contribution in [0.5, 0.6) is 0 Å². The second-order valence-electron chi connectivity index (χ2n) is 5.15. The van der Waals surface area contributed by atoms with Gasteiger partial charge in [-0.05, 0) is 24.2 Å². The van der Waals surface area contributed by atoms with Gasteiger partial charge in [0, 0.05) is 12.8 Å². The summed E-state index contributed by atoms with van der Waals surface area (Å²) in [6.45, 7) is 14.1. The summed E-state index contributed by atoms with van der Waals surface area (Å²) in [6.07, 6.45) is 5.30. The molecular formula is C15H30O2. The van der Waals surface area contributed by atoms with E-state index in [1.54, 1.807) is 0 Å². The number of hydrogen-bond donors (Lipinski definition) is 1. The molecule has 17 heavy (non-hydrogen) atoms. The number of aliphatic hydroxyl groups is 1. The number of carbonyl (C=O) groups is 1. The Kier molecular flexibility index (Phi) is 11.6. The number of aliphatic hydroxyl groups excluding tert-OH is 1. The SMILES string of the molecule is C=CCO.CC.CC(C)(C)C1CCC(=O)CC1. The van der Waals surface area contributed by atoms with Gasteiger partial charge in [0.2, 0.25) is 0 Å². The highest BCUT2D eigenvalue weighted by Crippen LogP contribution is 2.36. The van der Waals surface area contributed by atoms with Crippen molar-refractivity contribution in [1.82, 2.24) is 0 Å². The van der Waals surface area contributed by atoms with Crippen molar-refractivity contribution < 1.29 is 9.90 Å². The third kappa shape index (κ3) is 10.3. The summed E-state index contributed by atoms with van der Waals surface area (Å²) in [5.41, 5.74) is 0.403. The molecule has 0 radical (unpaired) electrons. The van der Waals surface area contributed by atoms with Crippen molar-refractivity contribution in [3.8, 4) is 0 Å². The zero-order chi connectivity index (χ0) is 13.9. The molecule has 0 aromatic rings. The lowest BCUT2D eigenvalue weighted by Crippen LogP contribution is -2.25. The van der Waals surface area contributed by atoms with Gasteiger partial charge in [0.05, 0.1) is 6.61 Å². The topological polar surface area (TPSA) is 37.3 Å². The molecule has 0 heterocycles. The van der Waals surface area contributed by atoms with Crippen LogP contribution in [-0.4, -0.2) is 17.5 Å². The minimum absolute atomic E-state index is 0.0833. The van der Waals surface area contributed by atoms with Gasteiger partial charge in [-0.2, -0.15) is 0 Å². The molecule has 0 bridgehead atoms. The van der Waals surface area contributed by atoms with Crippen LogP contribution >= 0.6 is 0 Å². The van der Waals surface area contributed by atoms with Gasteiger partial charge >= 0.3 is 0 Å². The minimum Gasteiger partial charge on any atom is -0.392 e. The van der Waals surface area contributed by atoms with Crippen molar-refractivity contribution >= 4 is 5.78 Å². The van der Waals surface area contributed by atoms with E-state index in [1.807, 2.05) is 13.8 Å². The lowest BCUT2D eigenvalue weighted by molar-refractivity contribution is -0.121. The van der Waals surface area contributed by atoms with Crippen LogP contribution in [0.15, 0.2) is 12.7 Å². The molecule has 1 saturated carbocycles. The molecule has 0 atom stereocenters. The maximum absolute atomic E-state index is 10.9. The van der Waals surface area contributed by atoms with E-state index >= 15 is 0 Å². The van der Waals surface area contributed by atoms with Crippen LogP contribution in [0.3, 0.4) is 0 Å². The summed E-state index contributed by atoms with van der Waals surface area (Å²) in [5.74, 6) is 1.23. The Morgan fingerprint density at radius 2 is 1.65 bits per heavy atom. The molecule has 0 amide bonds. The molecule has 0 unspecified atom stereocenters. The maximum Gasteiger partial charge on any atom is 0.132 e. The van der Waals surface area contributed by atoms with Crippen molar-refractivity contribution in [2.75, 3.05) is 6.61 Å². The first kappa shape index (κ1) is 18.7. The van der Waals surface area contributed by atoms with Gasteiger partial charge in [0.15, 0.2) is 0 Å². The summed E-state index contributed by atoms with van der Waals surface area (Å²) in [7, 11) is 0. The Balaban J connectivity index is 0. The highest BCUT2D eigenvalue weighted by Gasteiger charge is 2.28. The summed E-state index contributed by atoms with van der Waals surface area (Å²) >= 11 is 0. The molecule has 1 rings (SSSR count). The number of Topliss-reactive ketones (excluding diaryl/α,β-unsaturated/α-hetero) is 1. The Labute approximate surface area is 107 Å². The predicted molar refractivity (Wildman–Crippen MR) is 75.1 cm³/mol. The van der Waals surface area contributed by atoms with Crippen LogP contribution in [0.2, 0.25) is 0 Å². The van der Waals surface area contributed by atoms with Gasteiger partial charge in [0.25, 0.3) is 0 Å². The zero-order valence-corrected chi connectivity index (χ0v) is 12.3. The van der Waals surface area contributed by atoms with E-state index in [1.165, 1.54) is 6.08 Å². The monoisotopic (exact) mass is 242 g/mol. The molecule has 0 aromatic carbocycles. The fourth-order valence-corrected chi connectivity index (χ4v) is 1.81. The first-order valence-corrected chi connectivity index (χ1v) is 6.65. The quantitative estimate of drug-likeness (QED) is 0.706. The predicted octanol–water partition coefficient (Wildman–Crippen LogP) is 3.98. The van der Waals surface area contributed by atoms with Crippen molar-refractivity contribution in [1.29, 1.82) is 0 Å². The van der Waals surface area contributed by atoms with Crippen molar-refractivity contribution in [2.45, 2.75) is 60.3 Å². The number of hydrogen-bond acceptors (Lipinski definition) is 2. The third-order valence-electron chi connectivity index (χ3n) is 2.90. The van der Waals surface area contributed by atoms with E-state index in [2.05, 4.69) is 27.4 Å². The highest BCUT2D eigenvalue weighted by molar-refractivity contribution is 5.79. The smallest absolute Gasteiger partial charge is 0.132 e. The van der Waals surface area contributed by atoms with Gasteiger partial charge in [-0.1, -0.05) is 40.7 Å². The Morgan fingerprint density at radius 3 is 1.88 bits per heavy atom. The second-order valence-corrected chi connectivity index (χ2v) is 5.15. The Hall–Kier alpha value is -0.630. The third-order valence-corrected chi connectivity index (χ3v) is 2.90. The lowest BCUT2D eigenvalue weighted by Gasteiger charge is -2.33. The van der Waals surface area contributed by atoms with E-state index < -0.39 is 0 Å². The molecule has 2 nitrogen and oxygen atoms in total. The van der Waals surface area contributed by atoms with Crippen LogP contribution in [0.1, 0.15) is 60.3 Å². The van der Waals surface area contributed by atoms with Crippen LogP contribution in [0.4, 0.5) is 0 Å². The second kappa shape index (κ2) is 10.5. The average molecular weight is 242 g/mol. The van der Waals surface area contributed by atoms with E-state index in [0.29, 0.717) is 11.2 Å². The summed E-state index contributed by atoms with van der Waals surface area (Å²) in [4.78, 5) is 10.9. The van der Waals surface area contributed by atoms with Gasteiger partial charge < -0.3 is 5.11 Å². The first-order valence-electron chi connectivity index (χ1n) is 6.65. The minimum atomic E-state index is 0.0833. The van der Waals surface area contributed by atoms with Crippen LogP contribution in [-0.2, 0) is 4.79 Å². The van der Waals surface area contributed by atoms with Crippen molar-refractivity contribution in [2.24, 2.45) is 11.3 Å². The normalized spacial score (nSPS) is 16.2. The van der Waals surface area contributed by atoms with Crippen LogP contribution < -0.4 is 0 Å². The van der Waals surface area contributed by atoms with E-state index in [9.17, 15) is 4.79 Å². The molecular weight excluding hydrogens is 212 g/mol. The zero-order valence-electron chi connectivity index (χ0n) is 12.3. The fraction of sp³-hybridized carbons (Fsp3) is 0.800. The summed E-state index contributed by atoms with van der Waals surface area (Å²) in [6, 6.07) is 0. The molecule has 102 valence electrons. The van der Waals surface area contributed by atoms with Crippen molar-refractivity contribution in [3.05, 3.63) is 12.7 Å². The molecule has 0 saturated heterocycles. The van der Waals surface area contributed by atoms with Crippen molar-refractivity contribution in [3.63, 3.8) is 0 Å². The van der Waals surface area contributed by atoms with Gasteiger partial charge in [0.1, 0.15) is 5.78 Å². The standard InChI is InChI=1S/C10H18O.C3H6O.C2H6/c1-10(2,3)8-4-6-9(11)7-5-8;1-2-3-4;1-2/h8H,4-7H2,1-3H3;2,4H,1,3H2;1-2H3. The largest absolute Gasteiger partial charge is 0.392 e. The molecule has 1 aliphatic carbocycles. The van der Waals surface area contributed by atoms with Gasteiger partial charge in [-0.15, -0.1) is 6.58 Å². The van der Waals surface area contributed by atoms with Crippen LogP contribution in [0, 0.1) is 11.3 Å². The highest BCUT2D eigenvalue weighted by atomic mass is 16.2. The lowest BCUT2D eigenvalue weighted by atomic mass is 9.72. The summed E-state index contributed by atoms with van der Waals surface area (Å²) < 4.78 is 0. The Bertz CT molecular complexity index is 191. The maximum atomic E-state index is 10.9. The molecule has 1 aliphatic rings. The molecule has 2 heteroatoms. The molecule has 0 aliphatic heterocycles. The number of carbonyl (C=O) groups excluding carboxylic acids is 1. The fourth-order valence-electron chi connectivity index (χ4n) is 1.81. The average Bonchev–Trinajstić information content (AvgIpc) is 2.31. The summed E-state index contributed by atoms with van der Waals surface area (Å²) in [5, 5.41) is 7.76. The number of ketones is 1.